The van der Waals surface area contributed by atoms with E-state index in [-0.39, 0.29) is 13.8 Å². The van der Waals surface area contributed by atoms with E-state index in [9.17, 15) is 39.5 Å². The number of hydrogen-bond acceptors (Lipinski definition) is 0. The summed E-state index contributed by atoms with van der Waals surface area (Å²) >= 11 is 0. The molecule has 98 valence electrons. The summed E-state index contributed by atoms with van der Waals surface area (Å²) in [7, 11) is 0. The molecule has 0 heterocycles. The summed E-state index contributed by atoms with van der Waals surface area (Å²) < 4.78 is 110. The lowest BCUT2D eigenvalue weighted by Gasteiger charge is -2.41. The van der Waals surface area contributed by atoms with Crippen LogP contribution in [0.3, 0.4) is 0 Å². The van der Waals surface area contributed by atoms with E-state index in [0.717, 1.165) is 0 Å². The Hall–Kier alpha value is -0.630. The Morgan fingerprint density at radius 1 is 0.688 bits per heavy atom. The van der Waals surface area contributed by atoms with Gasteiger partial charge in [0.1, 0.15) is 0 Å². The molecule has 16 heavy (non-hydrogen) atoms. The van der Waals surface area contributed by atoms with E-state index in [0.29, 0.717) is 0 Å². The SMILES string of the molecule is CC(C)(C(F)F)C(F)(C(F)(F)F)C(F)(F)F. The van der Waals surface area contributed by atoms with Crippen molar-refractivity contribution in [3.63, 3.8) is 0 Å². The molecule has 0 aliphatic rings. The van der Waals surface area contributed by atoms with Gasteiger partial charge >= 0.3 is 18.0 Å². The van der Waals surface area contributed by atoms with Crippen LogP contribution in [0.1, 0.15) is 13.8 Å². The number of alkyl halides is 9. The van der Waals surface area contributed by atoms with Crippen LogP contribution in [0.5, 0.6) is 0 Å². The van der Waals surface area contributed by atoms with E-state index in [1.807, 2.05) is 0 Å². The fourth-order valence-corrected chi connectivity index (χ4v) is 1.04. The Bertz CT molecular complexity index is 232. The normalized spacial score (nSPS) is 15.8. The van der Waals surface area contributed by atoms with Gasteiger partial charge in [-0.3, -0.25) is 0 Å². The quantitative estimate of drug-likeness (QED) is 0.657. The lowest BCUT2D eigenvalue weighted by atomic mass is 9.75. The van der Waals surface area contributed by atoms with Crippen LogP contribution in [0.2, 0.25) is 0 Å². The summed E-state index contributed by atoms with van der Waals surface area (Å²) in [4.78, 5) is 0. The van der Waals surface area contributed by atoms with Crippen molar-refractivity contribution < 1.29 is 39.5 Å². The third kappa shape index (κ3) is 1.95. The van der Waals surface area contributed by atoms with Gasteiger partial charge in [-0.15, -0.1) is 0 Å². The molecule has 0 spiro atoms. The van der Waals surface area contributed by atoms with Crippen molar-refractivity contribution in [2.24, 2.45) is 5.41 Å². The van der Waals surface area contributed by atoms with Gasteiger partial charge in [-0.1, -0.05) is 13.8 Å². The van der Waals surface area contributed by atoms with Crippen molar-refractivity contribution >= 4 is 0 Å². The van der Waals surface area contributed by atoms with Crippen LogP contribution < -0.4 is 0 Å². The zero-order chi connectivity index (χ0) is 13.6. The molecule has 0 aliphatic carbocycles. The van der Waals surface area contributed by atoms with Crippen molar-refractivity contribution in [1.82, 2.24) is 0 Å². The first-order chi connectivity index (χ1) is 6.69. The molecular formula is C7H7F9. The highest BCUT2D eigenvalue weighted by Gasteiger charge is 2.80. The molecule has 9 heteroatoms. The summed E-state index contributed by atoms with van der Waals surface area (Å²) in [6, 6.07) is 0. The molecule has 0 unspecified atom stereocenters. The van der Waals surface area contributed by atoms with Crippen LogP contribution in [0.15, 0.2) is 0 Å². The molecule has 0 aliphatic heterocycles. The van der Waals surface area contributed by atoms with Gasteiger partial charge in [0.05, 0.1) is 5.41 Å². The van der Waals surface area contributed by atoms with E-state index >= 15 is 0 Å². The van der Waals surface area contributed by atoms with Gasteiger partial charge in [0.15, 0.2) is 0 Å². The number of hydrogen-bond donors (Lipinski definition) is 0. The largest absolute Gasteiger partial charge is 0.432 e. The second-order valence-electron chi connectivity index (χ2n) is 3.68. The Labute approximate surface area is 84.4 Å². The van der Waals surface area contributed by atoms with Crippen molar-refractivity contribution in [2.75, 3.05) is 0 Å². The van der Waals surface area contributed by atoms with Crippen LogP contribution in [-0.2, 0) is 0 Å². The predicted octanol–water partition coefficient (Wildman–Crippen LogP) is 4.11. The summed E-state index contributed by atoms with van der Waals surface area (Å²) in [5.41, 5.74) is -9.88. The molecule has 0 aromatic carbocycles. The van der Waals surface area contributed by atoms with E-state index in [1.54, 1.807) is 0 Å². The topological polar surface area (TPSA) is 0 Å². The highest BCUT2D eigenvalue weighted by molar-refractivity contribution is 5.06. The number of rotatable bonds is 2. The summed E-state index contributed by atoms with van der Waals surface area (Å²) in [6.45, 7) is -0.253. The van der Waals surface area contributed by atoms with E-state index in [4.69, 9.17) is 0 Å². The van der Waals surface area contributed by atoms with Crippen LogP contribution >= 0.6 is 0 Å². The molecule has 0 atom stereocenters. The van der Waals surface area contributed by atoms with Crippen molar-refractivity contribution in [3.8, 4) is 0 Å². The second-order valence-corrected chi connectivity index (χ2v) is 3.68. The van der Waals surface area contributed by atoms with Gasteiger partial charge in [0.2, 0.25) is 6.43 Å². The summed E-state index contributed by atoms with van der Waals surface area (Å²) in [5.74, 6) is 0. The standard InChI is InChI=1S/C7H7F9/c1-4(2,3(8)9)5(10,6(11,12)13)7(14,15)16/h3H,1-2H3. The maximum absolute atomic E-state index is 13.1. The molecule has 0 saturated carbocycles. The molecule has 0 rings (SSSR count). The molecule has 0 fully saturated rings. The molecule has 0 nitrogen and oxygen atoms in total. The minimum atomic E-state index is -6.47. The monoisotopic (exact) mass is 262 g/mol. The first kappa shape index (κ1) is 15.4. The molecule has 0 amide bonds. The van der Waals surface area contributed by atoms with Gasteiger partial charge in [-0.25, -0.2) is 13.2 Å². The fourth-order valence-electron chi connectivity index (χ4n) is 1.04. The highest BCUT2D eigenvalue weighted by atomic mass is 19.4. The second kappa shape index (κ2) is 3.69. The molecule has 0 saturated heterocycles. The predicted molar refractivity (Wildman–Crippen MR) is 35.7 cm³/mol. The third-order valence-electron chi connectivity index (χ3n) is 2.21. The van der Waals surface area contributed by atoms with Gasteiger partial charge in [0.25, 0.3) is 0 Å². The molecular weight excluding hydrogens is 255 g/mol. The van der Waals surface area contributed by atoms with Gasteiger partial charge in [-0.2, -0.15) is 26.3 Å². The van der Waals surface area contributed by atoms with Crippen LogP contribution in [0.25, 0.3) is 0 Å². The fraction of sp³-hybridized carbons (Fsp3) is 1.00. The zero-order valence-electron chi connectivity index (χ0n) is 7.98. The molecule has 0 radical (unpaired) electrons. The van der Waals surface area contributed by atoms with Crippen LogP contribution in [0, 0.1) is 5.41 Å². The van der Waals surface area contributed by atoms with E-state index < -0.39 is 29.9 Å². The van der Waals surface area contributed by atoms with Gasteiger partial charge < -0.3 is 0 Å². The Balaban J connectivity index is 5.81. The summed E-state index contributed by atoms with van der Waals surface area (Å²) in [5, 5.41) is 0. The zero-order valence-corrected chi connectivity index (χ0v) is 7.98. The maximum atomic E-state index is 13.1. The minimum Gasteiger partial charge on any atom is -0.223 e. The summed E-state index contributed by atoms with van der Waals surface area (Å²) in [6.07, 6.45) is -17.1. The van der Waals surface area contributed by atoms with Crippen LogP contribution in [0.4, 0.5) is 39.5 Å². The third-order valence-corrected chi connectivity index (χ3v) is 2.21. The molecule has 0 aromatic rings. The van der Waals surface area contributed by atoms with Crippen molar-refractivity contribution in [2.45, 2.75) is 38.3 Å². The lowest BCUT2D eigenvalue weighted by molar-refractivity contribution is -0.383. The van der Waals surface area contributed by atoms with E-state index in [1.165, 1.54) is 0 Å². The van der Waals surface area contributed by atoms with Crippen molar-refractivity contribution in [3.05, 3.63) is 0 Å². The minimum absolute atomic E-state index is 0.126. The van der Waals surface area contributed by atoms with Gasteiger partial charge in [0, 0.05) is 0 Å². The first-order valence-electron chi connectivity index (χ1n) is 3.80. The smallest absolute Gasteiger partial charge is 0.223 e. The highest BCUT2D eigenvalue weighted by Crippen LogP contribution is 2.57. The first-order valence-corrected chi connectivity index (χ1v) is 3.80. The van der Waals surface area contributed by atoms with E-state index in [2.05, 4.69) is 0 Å². The van der Waals surface area contributed by atoms with Crippen molar-refractivity contribution in [1.29, 1.82) is 0 Å². The Morgan fingerprint density at radius 2 is 0.938 bits per heavy atom. The number of halogens is 9. The Kier molecular flexibility index (Phi) is 3.55. The maximum Gasteiger partial charge on any atom is 0.432 e. The molecule has 0 N–H and O–H groups in total. The van der Waals surface area contributed by atoms with Crippen LogP contribution in [-0.4, -0.2) is 24.4 Å². The molecule has 0 aromatic heterocycles. The Morgan fingerprint density at radius 3 is 1.00 bits per heavy atom. The average Bonchev–Trinajstić information content (AvgIpc) is 1.97. The lowest BCUT2D eigenvalue weighted by Crippen LogP contribution is -2.64. The molecule has 0 bridgehead atoms. The van der Waals surface area contributed by atoms with Gasteiger partial charge in [-0.05, 0) is 0 Å². The average molecular weight is 262 g/mol.